The number of nitrogens with one attached hydrogen (secondary N) is 1. The summed E-state index contributed by atoms with van der Waals surface area (Å²) < 4.78 is 5.02. The Bertz CT molecular complexity index is 628. The van der Waals surface area contributed by atoms with E-state index >= 15 is 0 Å². The van der Waals surface area contributed by atoms with Crippen molar-refractivity contribution < 1.29 is 9.21 Å². The fraction of sp³-hybridized carbons (Fsp3) is 0.368. The first kappa shape index (κ1) is 17.0. The minimum Gasteiger partial charge on any atom is -0.459 e. The second-order valence-corrected chi connectivity index (χ2v) is 5.62. The summed E-state index contributed by atoms with van der Waals surface area (Å²) in [6.45, 7) is 4.10. The molecule has 2 rings (SSSR count). The van der Waals surface area contributed by atoms with E-state index < -0.39 is 0 Å². The molecule has 0 unspecified atom stereocenters. The normalized spacial score (nSPS) is 11.5. The zero-order chi connectivity index (χ0) is 16.5. The van der Waals surface area contributed by atoms with Crippen LogP contribution in [0.3, 0.4) is 0 Å². The number of aryl methyl sites for hydroxylation is 1. The highest BCUT2D eigenvalue weighted by Crippen LogP contribution is 2.10. The van der Waals surface area contributed by atoms with Crippen molar-refractivity contribution in [2.24, 2.45) is 5.10 Å². The molecule has 1 N–H and O–H groups in total. The first-order valence-electron chi connectivity index (χ1n) is 8.18. The SMILES string of the molecule is CCCCCCc1ccc(/C(C)=N/NC(=O)c2ccco2)cc1. The highest BCUT2D eigenvalue weighted by molar-refractivity contribution is 6.00. The molecule has 122 valence electrons. The predicted molar refractivity (Wildman–Crippen MR) is 92.7 cm³/mol. The van der Waals surface area contributed by atoms with Crippen molar-refractivity contribution in [2.75, 3.05) is 0 Å². The topological polar surface area (TPSA) is 54.6 Å². The molecule has 4 nitrogen and oxygen atoms in total. The van der Waals surface area contributed by atoms with Gasteiger partial charge >= 0.3 is 5.91 Å². The van der Waals surface area contributed by atoms with E-state index in [9.17, 15) is 4.79 Å². The van der Waals surface area contributed by atoms with Crippen LogP contribution < -0.4 is 5.43 Å². The second-order valence-electron chi connectivity index (χ2n) is 5.62. The lowest BCUT2D eigenvalue weighted by Gasteiger charge is -2.05. The zero-order valence-electron chi connectivity index (χ0n) is 13.8. The highest BCUT2D eigenvalue weighted by atomic mass is 16.3. The molecule has 0 bridgehead atoms. The molecule has 0 saturated heterocycles. The molecule has 0 fully saturated rings. The number of furan rings is 1. The van der Waals surface area contributed by atoms with Crippen LogP contribution in [-0.4, -0.2) is 11.6 Å². The standard InChI is InChI=1S/C19H24N2O2/c1-3-4-5-6-8-16-10-12-17(13-11-16)15(2)20-21-19(22)18-9-7-14-23-18/h7,9-14H,3-6,8H2,1-2H3,(H,21,22)/b20-15+. The van der Waals surface area contributed by atoms with Crippen LogP contribution in [0.4, 0.5) is 0 Å². The molecule has 0 spiro atoms. The molecule has 4 heteroatoms. The minimum atomic E-state index is -0.345. The maximum atomic E-state index is 11.8. The fourth-order valence-corrected chi connectivity index (χ4v) is 2.33. The number of hydrogen-bond donors (Lipinski definition) is 1. The number of carbonyl (C=O) groups excluding carboxylic acids is 1. The number of carbonyl (C=O) groups is 1. The van der Waals surface area contributed by atoms with Crippen molar-refractivity contribution in [3.63, 3.8) is 0 Å². The average Bonchev–Trinajstić information content (AvgIpc) is 3.11. The van der Waals surface area contributed by atoms with Crippen LogP contribution in [0, 0.1) is 0 Å². The van der Waals surface area contributed by atoms with E-state index in [0.29, 0.717) is 0 Å². The van der Waals surface area contributed by atoms with E-state index in [2.05, 4.69) is 29.6 Å². The van der Waals surface area contributed by atoms with Gasteiger partial charge in [-0.25, -0.2) is 5.43 Å². The molecule has 0 saturated carbocycles. The van der Waals surface area contributed by atoms with Crippen LogP contribution in [0.15, 0.2) is 52.2 Å². The van der Waals surface area contributed by atoms with Crippen molar-refractivity contribution in [3.8, 4) is 0 Å². The van der Waals surface area contributed by atoms with Crippen LogP contribution in [0.5, 0.6) is 0 Å². The second kappa shape index (κ2) is 8.93. The lowest BCUT2D eigenvalue weighted by molar-refractivity contribution is 0.0927. The molecule has 23 heavy (non-hydrogen) atoms. The lowest BCUT2D eigenvalue weighted by atomic mass is 10.0. The molecule has 0 aliphatic rings. The molecular weight excluding hydrogens is 288 g/mol. The quantitative estimate of drug-likeness (QED) is 0.441. The van der Waals surface area contributed by atoms with Gasteiger partial charge in [0.15, 0.2) is 5.76 Å². The van der Waals surface area contributed by atoms with Crippen LogP contribution >= 0.6 is 0 Å². The van der Waals surface area contributed by atoms with Crippen LogP contribution in [0.1, 0.15) is 61.2 Å². The molecule has 0 atom stereocenters. The van der Waals surface area contributed by atoms with Gasteiger partial charge in [0.1, 0.15) is 0 Å². The molecule has 1 aromatic carbocycles. The van der Waals surface area contributed by atoms with Crippen molar-refractivity contribution in [3.05, 3.63) is 59.5 Å². The number of nitrogens with zero attached hydrogens (tertiary/aromatic N) is 1. The zero-order valence-corrected chi connectivity index (χ0v) is 13.8. The molecular formula is C19H24N2O2. The van der Waals surface area contributed by atoms with Gasteiger partial charge in [0.25, 0.3) is 0 Å². The maximum Gasteiger partial charge on any atom is 0.307 e. The van der Waals surface area contributed by atoms with E-state index in [1.54, 1.807) is 12.1 Å². The van der Waals surface area contributed by atoms with E-state index in [-0.39, 0.29) is 11.7 Å². The Morgan fingerprint density at radius 1 is 1.13 bits per heavy atom. The third kappa shape index (κ3) is 5.40. The first-order valence-corrected chi connectivity index (χ1v) is 8.18. The number of hydrazone groups is 1. The summed E-state index contributed by atoms with van der Waals surface area (Å²) in [5.41, 5.74) is 5.61. The van der Waals surface area contributed by atoms with Crippen molar-refractivity contribution in [1.82, 2.24) is 5.43 Å². The molecule has 0 aliphatic heterocycles. The summed E-state index contributed by atoms with van der Waals surface area (Å²) in [4.78, 5) is 11.8. The highest BCUT2D eigenvalue weighted by Gasteiger charge is 2.07. The Balaban J connectivity index is 1.87. The Hall–Kier alpha value is -2.36. The van der Waals surface area contributed by atoms with Gasteiger partial charge in [-0.15, -0.1) is 0 Å². The average molecular weight is 312 g/mol. The Morgan fingerprint density at radius 2 is 1.91 bits per heavy atom. The van der Waals surface area contributed by atoms with Crippen molar-refractivity contribution in [1.29, 1.82) is 0 Å². The molecule has 1 heterocycles. The predicted octanol–water partition coefficient (Wildman–Crippen LogP) is 4.56. The van der Waals surface area contributed by atoms with Crippen LogP contribution in [0.2, 0.25) is 0 Å². The molecule has 0 aliphatic carbocycles. The fourth-order valence-electron chi connectivity index (χ4n) is 2.33. The number of unbranched alkanes of at least 4 members (excludes halogenated alkanes) is 3. The summed E-state index contributed by atoms with van der Waals surface area (Å²) in [6.07, 6.45) is 7.67. The third-order valence-electron chi connectivity index (χ3n) is 3.76. The van der Waals surface area contributed by atoms with Gasteiger partial charge in [0.05, 0.1) is 12.0 Å². The minimum absolute atomic E-state index is 0.254. The summed E-state index contributed by atoms with van der Waals surface area (Å²) >= 11 is 0. The smallest absolute Gasteiger partial charge is 0.307 e. The van der Waals surface area contributed by atoms with Crippen LogP contribution in [-0.2, 0) is 6.42 Å². The van der Waals surface area contributed by atoms with Gasteiger partial charge in [-0.3, -0.25) is 4.79 Å². The molecule has 1 aromatic heterocycles. The summed E-state index contributed by atoms with van der Waals surface area (Å²) in [6, 6.07) is 11.6. The van der Waals surface area contributed by atoms with E-state index in [0.717, 1.165) is 17.7 Å². The molecule has 1 amide bonds. The molecule has 0 radical (unpaired) electrons. The van der Waals surface area contributed by atoms with Gasteiger partial charge < -0.3 is 4.42 Å². The van der Waals surface area contributed by atoms with Gasteiger partial charge in [-0.1, -0.05) is 50.5 Å². The number of rotatable bonds is 8. The number of amides is 1. The summed E-state index contributed by atoms with van der Waals surface area (Å²) in [5.74, 6) is -0.0918. The van der Waals surface area contributed by atoms with Crippen molar-refractivity contribution in [2.45, 2.75) is 46.0 Å². The number of benzene rings is 1. The summed E-state index contributed by atoms with van der Waals surface area (Å²) in [7, 11) is 0. The third-order valence-corrected chi connectivity index (χ3v) is 3.76. The largest absolute Gasteiger partial charge is 0.459 e. The van der Waals surface area contributed by atoms with Gasteiger partial charge in [-0.2, -0.15) is 5.10 Å². The van der Waals surface area contributed by atoms with E-state index in [1.165, 1.54) is 37.5 Å². The first-order chi connectivity index (χ1) is 11.2. The van der Waals surface area contributed by atoms with Gasteiger partial charge in [-0.05, 0) is 43.0 Å². The Labute approximate surface area is 137 Å². The lowest BCUT2D eigenvalue weighted by Crippen LogP contribution is -2.18. The summed E-state index contributed by atoms with van der Waals surface area (Å²) in [5, 5.41) is 4.12. The van der Waals surface area contributed by atoms with Crippen LogP contribution in [0.25, 0.3) is 0 Å². The Kier molecular flexibility index (Phi) is 6.60. The van der Waals surface area contributed by atoms with E-state index in [4.69, 9.17) is 4.42 Å². The molecule has 2 aromatic rings. The maximum absolute atomic E-state index is 11.8. The Morgan fingerprint density at radius 3 is 2.57 bits per heavy atom. The van der Waals surface area contributed by atoms with E-state index in [1.807, 2.05) is 19.1 Å². The van der Waals surface area contributed by atoms with Gasteiger partial charge in [0, 0.05) is 0 Å². The van der Waals surface area contributed by atoms with Crippen molar-refractivity contribution >= 4 is 11.6 Å². The van der Waals surface area contributed by atoms with Gasteiger partial charge in [0.2, 0.25) is 0 Å². The monoisotopic (exact) mass is 312 g/mol. The number of hydrogen-bond acceptors (Lipinski definition) is 3.